The molecule has 1 aromatic carbocycles. The van der Waals surface area contributed by atoms with E-state index in [1.807, 2.05) is 18.5 Å². The summed E-state index contributed by atoms with van der Waals surface area (Å²) in [4.78, 5) is 42.0. The molecule has 5 nitrogen and oxygen atoms in total. The van der Waals surface area contributed by atoms with Crippen molar-refractivity contribution < 1.29 is 14.4 Å². The van der Waals surface area contributed by atoms with Crippen molar-refractivity contribution in [3.63, 3.8) is 0 Å². The number of rotatable bonds is 12. The molecule has 4 rings (SSSR count). The normalized spacial score (nSPS) is 21.8. The molecule has 0 bridgehead atoms. The molecule has 1 aromatic heterocycles. The maximum absolute atomic E-state index is 13.4. The monoisotopic (exact) mass is 506 g/mol. The van der Waals surface area contributed by atoms with Crippen molar-refractivity contribution in [1.29, 1.82) is 0 Å². The number of aromatic amines is 1. The van der Waals surface area contributed by atoms with Crippen molar-refractivity contribution in [3.8, 4) is 12.3 Å². The predicted molar refractivity (Wildman–Crippen MR) is 142 cm³/mol. The highest BCUT2D eigenvalue weighted by molar-refractivity contribution is 6.31. The van der Waals surface area contributed by atoms with Gasteiger partial charge in [0.1, 0.15) is 11.6 Å². The molecule has 0 aliphatic heterocycles. The number of aryl methyl sites for hydroxylation is 2. The second-order valence-electron chi connectivity index (χ2n) is 10.3. The number of ketones is 2. The fourth-order valence-electron chi connectivity index (χ4n) is 5.37. The van der Waals surface area contributed by atoms with Crippen LogP contribution in [0.25, 0.3) is 0 Å². The average Bonchev–Trinajstić information content (AvgIpc) is 3.58. The molecule has 36 heavy (non-hydrogen) atoms. The van der Waals surface area contributed by atoms with Gasteiger partial charge in [-0.1, -0.05) is 23.7 Å². The van der Waals surface area contributed by atoms with Crippen LogP contribution in [0.1, 0.15) is 74.0 Å². The van der Waals surface area contributed by atoms with Gasteiger partial charge in [0.05, 0.1) is 0 Å². The molecule has 1 amide bonds. The fraction of sp³-hybridized carbons (Fsp3) is 0.500. The van der Waals surface area contributed by atoms with Crippen molar-refractivity contribution in [3.05, 3.63) is 58.4 Å². The van der Waals surface area contributed by atoms with Gasteiger partial charge in [-0.3, -0.25) is 14.4 Å². The second kappa shape index (κ2) is 12.4. The van der Waals surface area contributed by atoms with Crippen molar-refractivity contribution in [1.82, 2.24) is 10.3 Å². The third kappa shape index (κ3) is 6.89. The summed E-state index contributed by atoms with van der Waals surface area (Å²) in [6, 6.07) is 8.33. The number of Topliss-reactive ketones (excluding diaryl/α,β-unsaturated/α-hetero) is 2. The van der Waals surface area contributed by atoms with E-state index in [2.05, 4.69) is 34.4 Å². The Bertz CT molecular complexity index is 1110. The minimum Gasteiger partial charge on any atom is -0.367 e. The van der Waals surface area contributed by atoms with E-state index in [1.54, 1.807) is 0 Å². The number of H-pyrrole nitrogens is 1. The highest BCUT2D eigenvalue weighted by Crippen LogP contribution is 2.41. The van der Waals surface area contributed by atoms with Gasteiger partial charge < -0.3 is 10.3 Å². The molecule has 0 radical (unpaired) electrons. The lowest BCUT2D eigenvalue weighted by Crippen LogP contribution is -2.43. The van der Waals surface area contributed by atoms with E-state index in [0.29, 0.717) is 18.9 Å². The Kier molecular flexibility index (Phi) is 9.04. The third-order valence-electron chi connectivity index (χ3n) is 7.61. The van der Waals surface area contributed by atoms with Crippen LogP contribution >= 0.6 is 11.6 Å². The van der Waals surface area contributed by atoms with Gasteiger partial charge in [0.2, 0.25) is 5.91 Å². The molecule has 190 valence electrons. The van der Waals surface area contributed by atoms with Crippen LogP contribution in [-0.2, 0) is 27.2 Å². The summed E-state index contributed by atoms with van der Waals surface area (Å²) in [5, 5.41) is 3.70. The highest BCUT2D eigenvalue weighted by Gasteiger charge is 2.43. The first kappa shape index (κ1) is 26.2. The molecule has 0 spiro atoms. The van der Waals surface area contributed by atoms with E-state index in [4.69, 9.17) is 18.0 Å². The molecule has 3 unspecified atom stereocenters. The van der Waals surface area contributed by atoms with E-state index < -0.39 is 11.8 Å². The first-order valence-corrected chi connectivity index (χ1v) is 13.5. The Labute approximate surface area is 218 Å². The minimum absolute atomic E-state index is 0.00695. The van der Waals surface area contributed by atoms with Gasteiger partial charge in [-0.15, -0.1) is 12.3 Å². The summed E-state index contributed by atoms with van der Waals surface area (Å²) in [6.07, 6.45) is 16.0. The molecule has 0 saturated heterocycles. The number of terminal acetylenes is 1. The van der Waals surface area contributed by atoms with Crippen LogP contribution in [0.15, 0.2) is 36.7 Å². The highest BCUT2D eigenvalue weighted by atomic mass is 35.5. The first-order valence-electron chi connectivity index (χ1n) is 13.1. The van der Waals surface area contributed by atoms with Gasteiger partial charge >= 0.3 is 0 Å². The number of hydrogen-bond acceptors (Lipinski definition) is 3. The Hall–Kier alpha value is -2.84. The number of carbonyl (C=O) groups is 3. The first-order chi connectivity index (χ1) is 17.5. The fourth-order valence-corrected chi connectivity index (χ4v) is 5.66. The molecule has 2 aliphatic rings. The zero-order chi connectivity index (χ0) is 25.5. The maximum atomic E-state index is 13.4. The predicted octanol–water partition coefficient (Wildman–Crippen LogP) is 5.42. The van der Waals surface area contributed by atoms with Crippen LogP contribution < -0.4 is 5.32 Å². The lowest BCUT2D eigenvalue weighted by Gasteiger charge is -2.33. The van der Waals surface area contributed by atoms with Crippen LogP contribution in [0.4, 0.5) is 0 Å². The van der Waals surface area contributed by atoms with E-state index in [-0.39, 0.29) is 42.7 Å². The molecule has 2 aliphatic carbocycles. The van der Waals surface area contributed by atoms with Gasteiger partial charge in [-0.05, 0) is 79.7 Å². The number of amides is 1. The lowest BCUT2D eigenvalue weighted by molar-refractivity contribution is -0.144. The summed E-state index contributed by atoms with van der Waals surface area (Å²) in [5.41, 5.74) is 3.58. The van der Waals surface area contributed by atoms with Crippen LogP contribution in [0, 0.1) is 30.1 Å². The Morgan fingerprint density at radius 2 is 1.97 bits per heavy atom. The van der Waals surface area contributed by atoms with Gasteiger partial charge in [-0.2, -0.15) is 0 Å². The summed E-state index contributed by atoms with van der Waals surface area (Å²) >= 11 is 6.50. The average molecular weight is 507 g/mol. The number of halogens is 1. The molecule has 2 N–H and O–H groups in total. The molecule has 6 heteroatoms. The zero-order valence-electron chi connectivity index (χ0n) is 20.7. The van der Waals surface area contributed by atoms with Crippen LogP contribution in [-0.4, -0.2) is 29.0 Å². The Morgan fingerprint density at radius 3 is 2.67 bits per heavy atom. The molecule has 2 aromatic rings. The lowest BCUT2D eigenvalue weighted by atomic mass is 9.68. The number of aromatic nitrogens is 1. The molecular weight excluding hydrogens is 472 g/mol. The molecule has 1 heterocycles. The van der Waals surface area contributed by atoms with E-state index in [9.17, 15) is 14.4 Å². The quantitative estimate of drug-likeness (QED) is 0.298. The van der Waals surface area contributed by atoms with E-state index in [1.165, 1.54) is 24.0 Å². The number of nitrogens with one attached hydrogen (secondary N) is 2. The van der Waals surface area contributed by atoms with Crippen molar-refractivity contribution in [2.24, 2.45) is 17.8 Å². The van der Waals surface area contributed by atoms with Gasteiger partial charge in [0.25, 0.3) is 0 Å². The van der Waals surface area contributed by atoms with Gasteiger partial charge in [0.15, 0.2) is 0 Å². The molecule has 2 saturated carbocycles. The standard InChI is InChI=1S/C30H35ClN2O3/c1-2-5-25-26(18-29(35)33-14-4-6-20-13-15-32-19-20)30(36)24(17-28(25)34)8-3-7-22-11-12-23(16-27(22)31)21-9-10-21/h1,11-13,15-16,19,21,24-26,32H,3-10,14,17-18H2,(H,33,35). The Balaban J connectivity index is 1.29. The Morgan fingerprint density at radius 1 is 1.14 bits per heavy atom. The summed E-state index contributed by atoms with van der Waals surface area (Å²) < 4.78 is 0. The molecule has 3 atom stereocenters. The molecule has 2 fully saturated rings. The van der Waals surface area contributed by atoms with Crippen LogP contribution in [0.3, 0.4) is 0 Å². The largest absolute Gasteiger partial charge is 0.367 e. The zero-order valence-corrected chi connectivity index (χ0v) is 21.5. The number of benzene rings is 1. The SMILES string of the molecule is C#CCC1C(=O)CC(CCCc2ccc(C3CC3)cc2Cl)C(=O)C1CC(=O)NCCCc1cc[nH]c1. The summed E-state index contributed by atoms with van der Waals surface area (Å²) in [7, 11) is 0. The second-order valence-corrected chi connectivity index (χ2v) is 10.7. The van der Waals surface area contributed by atoms with Crippen molar-refractivity contribution >= 4 is 29.1 Å². The summed E-state index contributed by atoms with van der Waals surface area (Å²) in [6.45, 7) is 0.530. The maximum Gasteiger partial charge on any atom is 0.220 e. The smallest absolute Gasteiger partial charge is 0.220 e. The van der Waals surface area contributed by atoms with Crippen molar-refractivity contribution in [2.45, 2.75) is 70.1 Å². The van der Waals surface area contributed by atoms with E-state index in [0.717, 1.165) is 36.3 Å². The van der Waals surface area contributed by atoms with Crippen LogP contribution in [0.2, 0.25) is 5.02 Å². The summed E-state index contributed by atoms with van der Waals surface area (Å²) in [5.74, 6) is 1.46. The minimum atomic E-state index is -0.640. The van der Waals surface area contributed by atoms with E-state index >= 15 is 0 Å². The van der Waals surface area contributed by atoms with Gasteiger partial charge in [0, 0.05) is 61.0 Å². The number of carbonyl (C=O) groups excluding carboxylic acids is 3. The third-order valence-corrected chi connectivity index (χ3v) is 7.96. The topological polar surface area (TPSA) is 79.0 Å². The molecular formula is C30H35ClN2O3. The van der Waals surface area contributed by atoms with Crippen molar-refractivity contribution in [2.75, 3.05) is 6.54 Å². The van der Waals surface area contributed by atoms with Crippen LogP contribution in [0.5, 0.6) is 0 Å². The number of hydrogen-bond donors (Lipinski definition) is 2. The van der Waals surface area contributed by atoms with Gasteiger partial charge in [-0.25, -0.2) is 0 Å².